The molecule has 0 saturated carbocycles. The summed E-state index contributed by atoms with van der Waals surface area (Å²) < 4.78 is 25.3. The zero-order valence-corrected chi connectivity index (χ0v) is 14.6. The number of halogens is 1. The lowest BCUT2D eigenvalue weighted by molar-refractivity contribution is 0.208. The summed E-state index contributed by atoms with van der Waals surface area (Å²) in [6.45, 7) is 2.59. The van der Waals surface area contributed by atoms with Crippen molar-refractivity contribution in [1.82, 2.24) is 5.32 Å². The van der Waals surface area contributed by atoms with Crippen molar-refractivity contribution < 1.29 is 13.9 Å². The summed E-state index contributed by atoms with van der Waals surface area (Å²) >= 11 is 4.33. The molecule has 1 saturated heterocycles. The van der Waals surface area contributed by atoms with Crippen molar-refractivity contribution in [1.29, 1.82) is 0 Å². The zero-order valence-electron chi connectivity index (χ0n) is 13.7. The minimum atomic E-state index is -0.338. The first-order valence-electron chi connectivity index (χ1n) is 8.18. The summed E-state index contributed by atoms with van der Waals surface area (Å²) in [5, 5.41) is 3.32. The highest BCUT2D eigenvalue weighted by molar-refractivity contribution is 7.80. The molecule has 1 heterocycles. The Balaban J connectivity index is 1.72. The van der Waals surface area contributed by atoms with Crippen molar-refractivity contribution in [2.24, 2.45) is 5.92 Å². The Morgan fingerprint density at radius 1 is 1.08 bits per heavy atom. The Labute approximate surface area is 147 Å². The van der Waals surface area contributed by atoms with Gasteiger partial charge >= 0.3 is 0 Å². The van der Waals surface area contributed by atoms with Gasteiger partial charge in [-0.2, -0.15) is 0 Å². The molecule has 0 atom stereocenters. The summed E-state index contributed by atoms with van der Waals surface area (Å²) in [7, 11) is 1.59. The summed E-state index contributed by atoms with van der Waals surface area (Å²) in [6, 6.07) is 10.7. The number of methoxy groups -OCH3 is 1. The molecule has 0 aliphatic carbocycles. The lowest BCUT2D eigenvalue weighted by atomic mass is 9.99. The topological polar surface area (TPSA) is 30.5 Å². The van der Waals surface area contributed by atoms with Crippen LogP contribution in [0.2, 0.25) is 0 Å². The molecule has 0 aromatic heterocycles. The second kappa shape index (κ2) is 7.90. The SMILES string of the molecule is COc1cc(-c2ccc(OCC3CCNCC3)c(F)c2)ccc1S. The Bertz CT molecular complexity index is 702. The van der Waals surface area contributed by atoms with Gasteiger partial charge in [0, 0.05) is 4.90 Å². The van der Waals surface area contributed by atoms with Gasteiger partial charge in [-0.1, -0.05) is 12.1 Å². The van der Waals surface area contributed by atoms with Crippen LogP contribution in [0.15, 0.2) is 41.3 Å². The van der Waals surface area contributed by atoms with Crippen LogP contribution in [0.1, 0.15) is 12.8 Å². The van der Waals surface area contributed by atoms with Crippen LogP contribution < -0.4 is 14.8 Å². The smallest absolute Gasteiger partial charge is 0.165 e. The van der Waals surface area contributed by atoms with E-state index in [-0.39, 0.29) is 5.82 Å². The second-order valence-electron chi connectivity index (χ2n) is 6.04. The predicted octanol–water partition coefficient (Wildman–Crippen LogP) is 4.17. The van der Waals surface area contributed by atoms with E-state index in [0.717, 1.165) is 42.0 Å². The van der Waals surface area contributed by atoms with Gasteiger partial charge in [0.25, 0.3) is 0 Å². The fourth-order valence-corrected chi connectivity index (χ4v) is 3.14. The Morgan fingerprint density at radius 2 is 1.79 bits per heavy atom. The van der Waals surface area contributed by atoms with E-state index in [1.165, 1.54) is 6.07 Å². The van der Waals surface area contributed by atoms with Crippen LogP contribution in [0, 0.1) is 11.7 Å². The van der Waals surface area contributed by atoms with Gasteiger partial charge in [0.2, 0.25) is 0 Å². The molecule has 1 aliphatic rings. The molecule has 0 unspecified atom stereocenters. The van der Waals surface area contributed by atoms with Crippen LogP contribution in [0.5, 0.6) is 11.5 Å². The first kappa shape index (κ1) is 17.1. The van der Waals surface area contributed by atoms with Crippen LogP contribution in [0.3, 0.4) is 0 Å². The number of ether oxygens (including phenoxy) is 2. The molecule has 0 bridgehead atoms. The molecule has 3 rings (SSSR count). The molecule has 2 aromatic carbocycles. The van der Waals surface area contributed by atoms with Crippen molar-refractivity contribution >= 4 is 12.6 Å². The quantitative estimate of drug-likeness (QED) is 0.796. The molecule has 0 radical (unpaired) electrons. The molecule has 0 spiro atoms. The Hall–Kier alpha value is -1.72. The number of rotatable bonds is 5. The summed E-state index contributed by atoms with van der Waals surface area (Å²) in [5.74, 6) is 1.14. The van der Waals surface area contributed by atoms with E-state index in [9.17, 15) is 4.39 Å². The first-order valence-corrected chi connectivity index (χ1v) is 8.62. The molecular formula is C19H22FNO2S. The monoisotopic (exact) mass is 347 g/mol. The maximum absolute atomic E-state index is 14.4. The third kappa shape index (κ3) is 4.02. The number of piperidine rings is 1. The molecule has 3 nitrogen and oxygen atoms in total. The van der Waals surface area contributed by atoms with Crippen LogP contribution in [-0.4, -0.2) is 26.8 Å². The van der Waals surface area contributed by atoms with E-state index in [1.807, 2.05) is 24.3 Å². The number of thiol groups is 1. The highest BCUT2D eigenvalue weighted by Gasteiger charge is 2.15. The number of hydrogen-bond acceptors (Lipinski definition) is 4. The molecule has 24 heavy (non-hydrogen) atoms. The average Bonchev–Trinajstić information content (AvgIpc) is 2.62. The van der Waals surface area contributed by atoms with E-state index in [2.05, 4.69) is 17.9 Å². The third-order valence-electron chi connectivity index (χ3n) is 4.38. The molecule has 1 fully saturated rings. The number of hydrogen-bond donors (Lipinski definition) is 2. The van der Waals surface area contributed by atoms with Gasteiger partial charge in [0.15, 0.2) is 11.6 Å². The Morgan fingerprint density at radius 3 is 2.50 bits per heavy atom. The Kier molecular flexibility index (Phi) is 5.63. The van der Waals surface area contributed by atoms with Crippen LogP contribution in [0.25, 0.3) is 11.1 Å². The molecule has 128 valence electrons. The first-order chi connectivity index (χ1) is 11.7. The highest BCUT2D eigenvalue weighted by Crippen LogP contribution is 2.31. The van der Waals surface area contributed by atoms with E-state index in [4.69, 9.17) is 9.47 Å². The normalized spacial score (nSPS) is 15.3. The second-order valence-corrected chi connectivity index (χ2v) is 6.52. The molecule has 1 aliphatic heterocycles. The predicted molar refractivity (Wildman–Crippen MR) is 96.7 cm³/mol. The molecule has 2 aromatic rings. The minimum Gasteiger partial charge on any atom is -0.496 e. The lowest BCUT2D eigenvalue weighted by Crippen LogP contribution is -2.30. The third-order valence-corrected chi connectivity index (χ3v) is 4.75. The fraction of sp³-hybridized carbons (Fsp3) is 0.368. The van der Waals surface area contributed by atoms with Gasteiger partial charge in [0.05, 0.1) is 13.7 Å². The highest BCUT2D eigenvalue weighted by atomic mass is 32.1. The van der Waals surface area contributed by atoms with Gasteiger partial charge in [-0.05, 0) is 67.2 Å². The summed E-state index contributed by atoms with van der Waals surface area (Å²) in [5.41, 5.74) is 1.67. The van der Waals surface area contributed by atoms with Gasteiger partial charge in [-0.25, -0.2) is 4.39 Å². The molecule has 0 amide bonds. The van der Waals surface area contributed by atoms with Crippen molar-refractivity contribution in [3.63, 3.8) is 0 Å². The van der Waals surface area contributed by atoms with E-state index >= 15 is 0 Å². The molecular weight excluding hydrogens is 325 g/mol. The van der Waals surface area contributed by atoms with E-state index < -0.39 is 0 Å². The molecule has 5 heteroatoms. The molecule has 1 N–H and O–H groups in total. The van der Waals surface area contributed by atoms with Crippen molar-refractivity contribution in [3.8, 4) is 22.6 Å². The largest absolute Gasteiger partial charge is 0.496 e. The van der Waals surface area contributed by atoms with E-state index in [0.29, 0.717) is 24.0 Å². The summed E-state index contributed by atoms with van der Waals surface area (Å²) in [4.78, 5) is 0.753. The van der Waals surface area contributed by atoms with Crippen molar-refractivity contribution in [3.05, 3.63) is 42.2 Å². The standard InChI is InChI=1S/C19H22FNO2S/c1-22-18-11-15(3-5-19(18)24)14-2-4-17(16(20)10-14)23-12-13-6-8-21-9-7-13/h2-5,10-11,13,21,24H,6-9,12H2,1H3. The fourth-order valence-electron chi connectivity index (χ4n) is 2.91. The maximum Gasteiger partial charge on any atom is 0.165 e. The van der Waals surface area contributed by atoms with Gasteiger partial charge in [-0.15, -0.1) is 12.6 Å². The number of nitrogens with one attached hydrogen (secondary N) is 1. The van der Waals surface area contributed by atoms with Crippen LogP contribution in [0.4, 0.5) is 4.39 Å². The van der Waals surface area contributed by atoms with Crippen molar-refractivity contribution in [2.45, 2.75) is 17.7 Å². The van der Waals surface area contributed by atoms with E-state index in [1.54, 1.807) is 13.2 Å². The van der Waals surface area contributed by atoms with Crippen LogP contribution >= 0.6 is 12.6 Å². The minimum absolute atomic E-state index is 0.315. The van der Waals surface area contributed by atoms with Gasteiger partial charge in [0.1, 0.15) is 5.75 Å². The lowest BCUT2D eigenvalue weighted by Gasteiger charge is -2.22. The van der Waals surface area contributed by atoms with Gasteiger partial charge in [-0.3, -0.25) is 0 Å². The zero-order chi connectivity index (χ0) is 16.9. The number of benzene rings is 2. The summed E-state index contributed by atoms with van der Waals surface area (Å²) in [6.07, 6.45) is 2.16. The average molecular weight is 347 g/mol. The maximum atomic E-state index is 14.4. The van der Waals surface area contributed by atoms with Gasteiger partial charge < -0.3 is 14.8 Å². The van der Waals surface area contributed by atoms with Crippen LogP contribution in [-0.2, 0) is 0 Å². The van der Waals surface area contributed by atoms with Crippen molar-refractivity contribution in [2.75, 3.05) is 26.8 Å².